The van der Waals surface area contributed by atoms with Crippen molar-refractivity contribution in [2.24, 2.45) is 5.73 Å². The van der Waals surface area contributed by atoms with Crippen molar-refractivity contribution < 1.29 is 28.8 Å². The molecule has 2 amide bonds. The number of nitrogen functional groups attached to an aromatic ring is 1. The van der Waals surface area contributed by atoms with Crippen LogP contribution >= 0.6 is 0 Å². The van der Waals surface area contributed by atoms with Crippen LogP contribution in [0.4, 0.5) is 5.69 Å². The highest BCUT2D eigenvalue weighted by Crippen LogP contribution is 2.21. The Balaban J connectivity index is 2.23. The van der Waals surface area contributed by atoms with Gasteiger partial charge in [-0.05, 0) is 25.1 Å². The van der Waals surface area contributed by atoms with E-state index >= 15 is 0 Å². The second-order valence-electron chi connectivity index (χ2n) is 6.32. The number of hydrogen-bond acceptors (Lipinski definition) is 7. The van der Waals surface area contributed by atoms with Crippen molar-refractivity contribution in [1.29, 1.82) is 0 Å². The first-order valence-corrected chi connectivity index (χ1v) is 8.42. The lowest BCUT2D eigenvalue weighted by atomic mass is 10.0. The highest BCUT2D eigenvalue weighted by atomic mass is 16.5. The van der Waals surface area contributed by atoms with E-state index in [9.17, 15) is 14.7 Å². The number of aliphatic hydroxyl groups excluding tert-OH is 1. The van der Waals surface area contributed by atoms with E-state index in [4.69, 9.17) is 20.6 Å². The van der Waals surface area contributed by atoms with E-state index in [1.54, 1.807) is 31.3 Å². The van der Waals surface area contributed by atoms with E-state index in [2.05, 4.69) is 15.3 Å². The highest BCUT2D eigenvalue weighted by Gasteiger charge is 2.35. The summed E-state index contributed by atoms with van der Waals surface area (Å²) >= 11 is 0. The number of amides is 2. The second-order valence-corrected chi connectivity index (χ2v) is 6.32. The zero-order valence-corrected chi connectivity index (χ0v) is 15.9. The van der Waals surface area contributed by atoms with Gasteiger partial charge in [0.2, 0.25) is 5.91 Å². The first-order chi connectivity index (χ1) is 13.2. The molecule has 7 N–H and O–H groups in total. The summed E-state index contributed by atoms with van der Waals surface area (Å²) in [5.74, 6) is -0.00977. The number of nitrogens with one attached hydrogen (secondary N) is 2. The Morgan fingerprint density at radius 1 is 1.43 bits per heavy atom. The van der Waals surface area contributed by atoms with Gasteiger partial charge >= 0.3 is 5.91 Å². The lowest BCUT2D eigenvalue weighted by Crippen LogP contribution is -2.73. The number of aliphatic hydroxyl groups is 1. The summed E-state index contributed by atoms with van der Waals surface area (Å²) in [6, 6.07) is 4.80. The van der Waals surface area contributed by atoms with Crippen LogP contribution in [-0.2, 0) is 16.2 Å². The summed E-state index contributed by atoms with van der Waals surface area (Å²) in [5, 5.41) is 11.8. The van der Waals surface area contributed by atoms with Crippen LogP contribution in [0.1, 0.15) is 24.1 Å². The molecular weight excluding hydrogens is 366 g/mol. The fraction of sp³-hybridized carbons (Fsp3) is 0.333. The van der Waals surface area contributed by atoms with Gasteiger partial charge in [-0.15, -0.1) is 0 Å². The van der Waals surface area contributed by atoms with E-state index in [0.29, 0.717) is 28.7 Å². The summed E-state index contributed by atoms with van der Waals surface area (Å²) in [6.07, 6.45) is 1.56. The smallest absolute Gasteiger partial charge is 0.317 e. The normalized spacial score (nSPS) is 13.6. The zero-order chi connectivity index (χ0) is 20.9. The van der Waals surface area contributed by atoms with Gasteiger partial charge in [0.25, 0.3) is 5.71 Å². The van der Waals surface area contributed by atoms with Crippen LogP contribution in [0.15, 0.2) is 28.8 Å². The topological polar surface area (TPSA) is 168 Å². The fourth-order valence-electron chi connectivity index (χ4n) is 2.33. The van der Waals surface area contributed by atoms with Crippen molar-refractivity contribution in [3.05, 3.63) is 41.6 Å². The summed E-state index contributed by atoms with van der Waals surface area (Å²) in [5.41, 5.74) is 10.4. The van der Waals surface area contributed by atoms with Crippen molar-refractivity contribution in [3.63, 3.8) is 0 Å². The quantitative estimate of drug-likeness (QED) is 0.256. The standard InChI is InChI=1S/C18H23N5O5/c1-10-22-7-12(28-10)8-27-11-4-5-14(19)13(6-11)15(21-3)16(25)23-18(2,9-24)17(20)26/h4-7,24H,8-9,19H2,1-3H3,(H2,20,26)(H,23,25)/p+1. The SMILES string of the molecule is C[NH+]=C(C(=O)NC(C)(CO)C(N)=O)c1cc(OCc2cnc(C)o2)ccc1N. The molecule has 0 spiro atoms. The van der Waals surface area contributed by atoms with Crippen molar-refractivity contribution in [2.75, 3.05) is 19.4 Å². The van der Waals surface area contributed by atoms with Crippen molar-refractivity contribution in [3.8, 4) is 5.75 Å². The third-order valence-electron chi connectivity index (χ3n) is 4.07. The van der Waals surface area contributed by atoms with E-state index in [-0.39, 0.29) is 12.3 Å². The number of benzene rings is 1. The Hall–Kier alpha value is -3.40. The summed E-state index contributed by atoms with van der Waals surface area (Å²) < 4.78 is 11.0. The number of nitrogens with zero attached hydrogens (tertiary/aromatic N) is 1. The van der Waals surface area contributed by atoms with Gasteiger partial charge in [0.05, 0.1) is 18.4 Å². The predicted octanol–water partition coefficient (Wildman–Crippen LogP) is -2.00. The lowest BCUT2D eigenvalue weighted by molar-refractivity contribution is -0.418. The summed E-state index contributed by atoms with van der Waals surface area (Å²) in [4.78, 5) is 30.9. The second kappa shape index (κ2) is 8.53. The van der Waals surface area contributed by atoms with Gasteiger partial charge in [-0.2, -0.15) is 0 Å². The van der Waals surface area contributed by atoms with Crippen LogP contribution in [-0.4, -0.2) is 46.8 Å². The number of rotatable bonds is 8. The molecule has 0 bridgehead atoms. The van der Waals surface area contributed by atoms with Crippen LogP contribution in [0.5, 0.6) is 5.75 Å². The molecule has 1 atom stereocenters. The number of nitrogens with two attached hydrogens (primary N) is 2. The average molecular weight is 390 g/mol. The molecule has 10 nitrogen and oxygen atoms in total. The van der Waals surface area contributed by atoms with E-state index < -0.39 is 24.0 Å². The number of carbonyl (C=O) groups excluding carboxylic acids is 2. The molecule has 10 heteroatoms. The number of aryl methyl sites for hydroxylation is 1. The van der Waals surface area contributed by atoms with Gasteiger partial charge in [-0.1, -0.05) is 0 Å². The molecule has 0 aliphatic heterocycles. The molecule has 150 valence electrons. The Morgan fingerprint density at radius 2 is 2.14 bits per heavy atom. The van der Waals surface area contributed by atoms with Gasteiger partial charge in [0.15, 0.2) is 11.7 Å². The predicted molar refractivity (Wildman–Crippen MR) is 100 cm³/mol. The number of carbonyl (C=O) groups is 2. The minimum Gasteiger partial charge on any atom is -0.486 e. The third kappa shape index (κ3) is 4.65. The first-order valence-electron chi connectivity index (χ1n) is 8.42. The summed E-state index contributed by atoms with van der Waals surface area (Å²) in [7, 11) is 1.53. The third-order valence-corrected chi connectivity index (χ3v) is 4.07. The van der Waals surface area contributed by atoms with Crippen molar-refractivity contribution in [2.45, 2.75) is 26.0 Å². The number of aromatic nitrogens is 1. The van der Waals surface area contributed by atoms with Gasteiger partial charge in [-0.25, -0.2) is 9.98 Å². The van der Waals surface area contributed by atoms with Gasteiger partial charge in [0, 0.05) is 12.6 Å². The first kappa shape index (κ1) is 20.9. The van der Waals surface area contributed by atoms with Crippen LogP contribution in [0.2, 0.25) is 0 Å². The number of primary amides is 1. The van der Waals surface area contributed by atoms with Crippen LogP contribution in [0.3, 0.4) is 0 Å². The number of hydrogen-bond donors (Lipinski definition) is 5. The minimum absolute atomic E-state index is 0.0828. The van der Waals surface area contributed by atoms with Crippen LogP contribution in [0.25, 0.3) is 0 Å². The molecule has 0 aliphatic carbocycles. The van der Waals surface area contributed by atoms with Gasteiger partial charge < -0.3 is 31.0 Å². The molecule has 2 rings (SSSR count). The van der Waals surface area contributed by atoms with Crippen LogP contribution < -0.4 is 26.5 Å². The van der Waals surface area contributed by atoms with E-state index in [1.807, 2.05) is 0 Å². The van der Waals surface area contributed by atoms with Gasteiger partial charge in [0.1, 0.15) is 24.9 Å². The fourth-order valence-corrected chi connectivity index (χ4v) is 2.33. The highest BCUT2D eigenvalue weighted by molar-refractivity contribution is 6.44. The maximum atomic E-state index is 12.7. The molecule has 0 fully saturated rings. The molecular formula is C18H24N5O5+. The molecule has 1 heterocycles. The Labute approximate surface area is 161 Å². The molecule has 0 saturated carbocycles. The number of anilines is 1. The van der Waals surface area contributed by atoms with E-state index in [0.717, 1.165) is 0 Å². The van der Waals surface area contributed by atoms with Crippen molar-refractivity contribution >= 4 is 23.2 Å². The van der Waals surface area contributed by atoms with Crippen molar-refractivity contribution in [1.82, 2.24) is 10.3 Å². The molecule has 2 aromatic rings. The van der Waals surface area contributed by atoms with E-state index in [1.165, 1.54) is 14.0 Å². The molecule has 0 saturated heterocycles. The van der Waals surface area contributed by atoms with Gasteiger partial charge in [-0.3, -0.25) is 9.59 Å². The maximum Gasteiger partial charge on any atom is 0.317 e. The molecule has 0 radical (unpaired) electrons. The van der Waals surface area contributed by atoms with Crippen LogP contribution in [0, 0.1) is 6.92 Å². The minimum atomic E-state index is -1.62. The Kier molecular flexibility index (Phi) is 6.37. The zero-order valence-electron chi connectivity index (χ0n) is 15.9. The Morgan fingerprint density at radius 3 is 2.68 bits per heavy atom. The average Bonchev–Trinajstić information content (AvgIpc) is 3.07. The molecule has 0 aliphatic rings. The molecule has 1 unspecified atom stereocenters. The molecule has 1 aromatic carbocycles. The molecule has 1 aromatic heterocycles. The summed E-state index contributed by atoms with van der Waals surface area (Å²) in [6.45, 7) is 2.54. The molecule has 28 heavy (non-hydrogen) atoms. The largest absolute Gasteiger partial charge is 0.486 e. The maximum absolute atomic E-state index is 12.7. The monoisotopic (exact) mass is 390 g/mol. The number of ether oxygens (including phenoxy) is 1. The number of oxazole rings is 1. The lowest BCUT2D eigenvalue weighted by Gasteiger charge is -2.24. The Bertz CT molecular complexity index is 908.